The second-order valence-corrected chi connectivity index (χ2v) is 7.26. The van der Waals surface area contributed by atoms with Crippen LogP contribution in [0.25, 0.3) is 10.8 Å². The van der Waals surface area contributed by atoms with Gasteiger partial charge >= 0.3 is 5.97 Å². The fourth-order valence-electron chi connectivity index (χ4n) is 3.19. The van der Waals surface area contributed by atoms with Crippen molar-refractivity contribution in [2.45, 2.75) is 26.3 Å². The number of carbonyl (C=O) groups excluding carboxylic acids is 2. The molecule has 0 fully saturated rings. The first-order chi connectivity index (χ1) is 14.9. The van der Waals surface area contributed by atoms with Crippen LogP contribution in [0.2, 0.25) is 0 Å². The van der Waals surface area contributed by atoms with Gasteiger partial charge in [0.2, 0.25) is 0 Å². The van der Waals surface area contributed by atoms with E-state index < -0.39 is 17.9 Å². The molecule has 0 aliphatic carbocycles. The number of nitrogens with zero attached hydrogens (tertiary/aromatic N) is 2. The smallest absolute Gasteiger partial charge is 0.328 e. The number of carbonyl (C=O) groups is 2. The number of phenols is 1. The van der Waals surface area contributed by atoms with Crippen LogP contribution in [0, 0.1) is 5.92 Å². The molecule has 3 aromatic carbocycles. The lowest BCUT2D eigenvalue weighted by Gasteiger charge is -2.21. The lowest BCUT2D eigenvalue weighted by Crippen LogP contribution is -2.45. The molecule has 3 rings (SSSR count). The minimum atomic E-state index is -0.736. The highest BCUT2D eigenvalue weighted by Crippen LogP contribution is 2.36. The second-order valence-electron chi connectivity index (χ2n) is 7.26. The highest BCUT2D eigenvalue weighted by molar-refractivity contribution is 5.97. The highest BCUT2D eigenvalue weighted by atomic mass is 16.5. The number of fused-ring (bicyclic) bond motifs is 1. The summed E-state index contributed by atoms with van der Waals surface area (Å²) < 4.78 is 4.82. The molecule has 0 bridgehead atoms. The number of methoxy groups -OCH3 is 1. The summed E-state index contributed by atoms with van der Waals surface area (Å²) in [7, 11) is 1.30. The zero-order chi connectivity index (χ0) is 22.4. The van der Waals surface area contributed by atoms with E-state index in [4.69, 9.17) is 4.74 Å². The maximum Gasteiger partial charge on any atom is 0.328 e. The quantitative estimate of drug-likeness (QED) is 0.402. The summed E-state index contributed by atoms with van der Waals surface area (Å²) in [6.07, 6.45) is 0.711. The van der Waals surface area contributed by atoms with Gasteiger partial charge in [-0.15, -0.1) is 5.11 Å². The molecule has 3 aromatic rings. The van der Waals surface area contributed by atoms with Crippen LogP contribution in [-0.4, -0.2) is 30.1 Å². The van der Waals surface area contributed by atoms with Crippen molar-refractivity contribution in [1.82, 2.24) is 5.32 Å². The Labute approximate surface area is 180 Å². The topological polar surface area (TPSA) is 100 Å². The lowest BCUT2D eigenvalue weighted by atomic mass is 9.99. The third-order valence-corrected chi connectivity index (χ3v) is 5.21. The van der Waals surface area contributed by atoms with E-state index in [-0.39, 0.29) is 11.7 Å². The number of phenolic OH excluding ortho intramolecular Hbond substituents is 1. The average Bonchev–Trinajstić information content (AvgIpc) is 2.80. The van der Waals surface area contributed by atoms with Crippen molar-refractivity contribution in [3.8, 4) is 5.75 Å². The van der Waals surface area contributed by atoms with Crippen LogP contribution < -0.4 is 5.32 Å². The Kier molecular flexibility index (Phi) is 6.97. The summed E-state index contributed by atoms with van der Waals surface area (Å²) in [5.41, 5.74) is 1.14. The first kappa shape index (κ1) is 22.0. The van der Waals surface area contributed by atoms with Gasteiger partial charge in [0, 0.05) is 10.9 Å². The number of esters is 1. The Morgan fingerprint density at radius 2 is 1.84 bits per heavy atom. The lowest BCUT2D eigenvalue weighted by molar-refractivity contribution is -0.144. The monoisotopic (exact) mass is 419 g/mol. The van der Waals surface area contributed by atoms with Gasteiger partial charge in [-0.1, -0.05) is 56.7 Å². The summed E-state index contributed by atoms with van der Waals surface area (Å²) in [6, 6.07) is 16.8. The van der Waals surface area contributed by atoms with E-state index in [9.17, 15) is 14.7 Å². The molecule has 0 aromatic heterocycles. The number of benzene rings is 3. The van der Waals surface area contributed by atoms with Crippen molar-refractivity contribution in [3.63, 3.8) is 0 Å². The van der Waals surface area contributed by atoms with Crippen LogP contribution in [-0.2, 0) is 9.53 Å². The van der Waals surface area contributed by atoms with Crippen molar-refractivity contribution >= 4 is 34.0 Å². The van der Waals surface area contributed by atoms with Crippen LogP contribution in [0.4, 0.5) is 11.4 Å². The third-order valence-electron chi connectivity index (χ3n) is 5.21. The molecule has 0 saturated carbocycles. The molecule has 160 valence electrons. The molecule has 0 radical (unpaired) electrons. The number of hydrogen-bond acceptors (Lipinski definition) is 6. The van der Waals surface area contributed by atoms with Gasteiger partial charge in [0.05, 0.1) is 12.8 Å². The number of ether oxygens (including phenoxy) is 1. The minimum absolute atomic E-state index is 0.0193. The normalized spacial score (nSPS) is 13.1. The van der Waals surface area contributed by atoms with Gasteiger partial charge in [-0.25, -0.2) is 4.79 Å². The molecule has 2 atom stereocenters. The van der Waals surface area contributed by atoms with Gasteiger partial charge < -0.3 is 15.2 Å². The standard InChI is InChI=1S/C24H25N3O4/c1-4-15(2)21(24(30)31-3)25-23(29)17-9-7-10-18(14-17)26-27-22-19-11-6-5-8-16(19)12-13-20(22)28/h5-15,21,28H,4H2,1-3H3,(H,25,29). The summed E-state index contributed by atoms with van der Waals surface area (Å²) in [6.45, 7) is 3.82. The Morgan fingerprint density at radius 1 is 1.06 bits per heavy atom. The Balaban J connectivity index is 1.85. The molecule has 1 amide bonds. The van der Waals surface area contributed by atoms with Crippen molar-refractivity contribution in [2.24, 2.45) is 16.1 Å². The van der Waals surface area contributed by atoms with Crippen LogP contribution in [0.15, 0.2) is 70.9 Å². The zero-order valence-corrected chi connectivity index (χ0v) is 17.7. The second kappa shape index (κ2) is 9.84. The van der Waals surface area contributed by atoms with E-state index in [0.29, 0.717) is 23.4 Å². The first-order valence-electron chi connectivity index (χ1n) is 10.1. The van der Waals surface area contributed by atoms with Gasteiger partial charge in [-0.3, -0.25) is 4.79 Å². The molecule has 0 aliphatic rings. The number of nitrogens with one attached hydrogen (secondary N) is 1. The summed E-state index contributed by atoms with van der Waals surface area (Å²) >= 11 is 0. The van der Waals surface area contributed by atoms with E-state index in [1.165, 1.54) is 7.11 Å². The van der Waals surface area contributed by atoms with Gasteiger partial charge in [0.1, 0.15) is 17.5 Å². The number of aromatic hydroxyl groups is 1. The van der Waals surface area contributed by atoms with Gasteiger partial charge in [-0.2, -0.15) is 5.11 Å². The van der Waals surface area contributed by atoms with Crippen LogP contribution >= 0.6 is 0 Å². The largest absolute Gasteiger partial charge is 0.506 e. The fraction of sp³-hybridized carbons (Fsp3) is 0.250. The number of amides is 1. The molecule has 7 heteroatoms. The van der Waals surface area contributed by atoms with Crippen LogP contribution in [0.1, 0.15) is 30.6 Å². The van der Waals surface area contributed by atoms with E-state index in [0.717, 1.165) is 10.8 Å². The molecular weight excluding hydrogens is 394 g/mol. The molecule has 2 unspecified atom stereocenters. The molecular formula is C24H25N3O4. The number of rotatable bonds is 7. The third kappa shape index (κ3) is 5.06. The molecule has 2 N–H and O–H groups in total. The summed E-state index contributed by atoms with van der Waals surface area (Å²) in [5.74, 6) is -0.940. The molecule has 0 spiro atoms. The first-order valence-corrected chi connectivity index (χ1v) is 10.1. The molecule has 31 heavy (non-hydrogen) atoms. The van der Waals surface area contributed by atoms with Crippen molar-refractivity contribution < 1.29 is 19.4 Å². The molecule has 0 heterocycles. The SMILES string of the molecule is CCC(C)C(NC(=O)c1cccc(N=Nc2c(O)ccc3ccccc23)c1)C(=O)OC. The molecule has 0 aliphatic heterocycles. The van der Waals surface area contributed by atoms with Crippen LogP contribution in [0.3, 0.4) is 0 Å². The summed E-state index contributed by atoms with van der Waals surface area (Å²) in [5, 5.41) is 23.1. The Morgan fingerprint density at radius 3 is 2.58 bits per heavy atom. The van der Waals surface area contributed by atoms with E-state index >= 15 is 0 Å². The summed E-state index contributed by atoms with van der Waals surface area (Å²) in [4.78, 5) is 24.8. The highest BCUT2D eigenvalue weighted by Gasteiger charge is 2.27. The molecule has 7 nitrogen and oxygen atoms in total. The van der Waals surface area contributed by atoms with E-state index in [1.54, 1.807) is 30.3 Å². The molecule has 0 saturated heterocycles. The Hall–Kier alpha value is -3.74. The fourth-order valence-corrected chi connectivity index (χ4v) is 3.19. The minimum Gasteiger partial charge on any atom is -0.506 e. The predicted molar refractivity (Wildman–Crippen MR) is 119 cm³/mol. The number of azo groups is 1. The van der Waals surface area contributed by atoms with E-state index in [2.05, 4.69) is 15.5 Å². The maximum atomic E-state index is 12.7. The van der Waals surface area contributed by atoms with Crippen LogP contribution in [0.5, 0.6) is 5.75 Å². The Bertz CT molecular complexity index is 1130. The van der Waals surface area contributed by atoms with Gasteiger partial charge in [0.15, 0.2) is 0 Å². The van der Waals surface area contributed by atoms with Crippen molar-refractivity contribution in [2.75, 3.05) is 7.11 Å². The van der Waals surface area contributed by atoms with Crippen molar-refractivity contribution in [1.29, 1.82) is 0 Å². The average molecular weight is 419 g/mol. The number of hydrogen-bond donors (Lipinski definition) is 2. The maximum absolute atomic E-state index is 12.7. The van der Waals surface area contributed by atoms with Gasteiger partial charge in [0.25, 0.3) is 5.91 Å². The van der Waals surface area contributed by atoms with Gasteiger partial charge in [-0.05, 0) is 35.6 Å². The predicted octanol–water partition coefficient (Wildman–Crippen LogP) is 5.28. The van der Waals surface area contributed by atoms with Crippen molar-refractivity contribution in [3.05, 3.63) is 66.2 Å². The zero-order valence-electron chi connectivity index (χ0n) is 17.7. The van der Waals surface area contributed by atoms with E-state index in [1.807, 2.05) is 44.2 Å².